The van der Waals surface area contributed by atoms with E-state index in [1.165, 1.54) is 29.3 Å². The minimum atomic E-state index is -0.649. The van der Waals surface area contributed by atoms with E-state index in [2.05, 4.69) is 66.9 Å². The number of hydrogen-bond acceptors (Lipinski definition) is 3. The first-order valence-electron chi connectivity index (χ1n) is 17.5. The van der Waals surface area contributed by atoms with Gasteiger partial charge in [0, 0.05) is 27.5 Å². The molecule has 7 aromatic carbocycles. The largest absolute Gasteiger partial charge is 0.308 e. The van der Waals surface area contributed by atoms with Crippen molar-refractivity contribution in [3.63, 3.8) is 0 Å². The summed E-state index contributed by atoms with van der Waals surface area (Å²) in [5.74, 6) is 0.0563. The van der Waals surface area contributed by atoms with E-state index in [0.717, 1.165) is 49.7 Å². The van der Waals surface area contributed by atoms with Crippen molar-refractivity contribution in [3.8, 4) is 62.1 Å². The zero-order chi connectivity index (χ0) is 36.1. The average Bonchev–Trinajstić information content (AvgIpc) is 3.52. The number of nitrogens with zero attached hydrogens (tertiary/aromatic N) is 4. The van der Waals surface area contributed by atoms with E-state index in [1.807, 2.05) is 78.9 Å². The van der Waals surface area contributed by atoms with E-state index in [9.17, 15) is 0 Å². The summed E-state index contributed by atoms with van der Waals surface area (Å²) in [7, 11) is 0. The minimum absolute atomic E-state index is 0.111. The molecule has 0 radical (unpaired) electrons. The molecule has 0 unspecified atom stereocenters. The zero-order valence-electron chi connectivity index (χ0n) is 29.1. The van der Waals surface area contributed by atoms with Gasteiger partial charge in [0.2, 0.25) is 0 Å². The molecule has 2 heterocycles. The third-order valence-electron chi connectivity index (χ3n) is 9.80. The van der Waals surface area contributed by atoms with Crippen LogP contribution in [0.25, 0.3) is 83.9 Å². The van der Waals surface area contributed by atoms with E-state index in [1.54, 1.807) is 12.1 Å². The lowest BCUT2D eigenvalue weighted by atomic mass is 9.97. The van der Waals surface area contributed by atoms with Crippen molar-refractivity contribution in [1.82, 2.24) is 19.5 Å². The van der Waals surface area contributed by atoms with Crippen LogP contribution < -0.4 is 0 Å². The number of aromatic nitrogens is 4. The lowest BCUT2D eigenvalue weighted by molar-refractivity contribution is 0.589. The van der Waals surface area contributed by atoms with Crippen LogP contribution in [0.4, 0.5) is 8.78 Å². The van der Waals surface area contributed by atoms with Gasteiger partial charge in [-0.2, -0.15) is 0 Å². The third-order valence-corrected chi connectivity index (χ3v) is 9.80. The van der Waals surface area contributed by atoms with E-state index in [-0.39, 0.29) is 5.56 Å². The maximum atomic E-state index is 15.4. The fraction of sp³-hybridized carbons (Fsp3) is 0.0426. The fourth-order valence-corrected chi connectivity index (χ4v) is 7.30. The summed E-state index contributed by atoms with van der Waals surface area (Å²) in [6.45, 7) is 4.24. The van der Waals surface area contributed by atoms with Gasteiger partial charge in [0.25, 0.3) is 0 Å². The molecule has 4 nitrogen and oxygen atoms in total. The monoisotopic (exact) mass is 690 g/mol. The van der Waals surface area contributed by atoms with Gasteiger partial charge in [-0.05, 0) is 72.5 Å². The molecule has 9 aromatic rings. The summed E-state index contributed by atoms with van der Waals surface area (Å²) in [4.78, 5) is 15.1. The van der Waals surface area contributed by atoms with Crippen molar-refractivity contribution in [2.24, 2.45) is 0 Å². The predicted molar refractivity (Wildman–Crippen MR) is 211 cm³/mol. The van der Waals surface area contributed by atoms with Crippen molar-refractivity contribution in [3.05, 3.63) is 180 Å². The second-order valence-electron chi connectivity index (χ2n) is 13.3. The molecule has 6 heteroatoms. The Labute approximate surface area is 305 Å². The number of benzene rings is 7. The smallest absolute Gasteiger partial charge is 0.166 e. The van der Waals surface area contributed by atoms with Gasteiger partial charge in [-0.3, -0.25) is 0 Å². The van der Waals surface area contributed by atoms with Crippen LogP contribution in [-0.4, -0.2) is 19.5 Å². The molecule has 0 bridgehead atoms. The Morgan fingerprint density at radius 1 is 0.434 bits per heavy atom. The Hall–Kier alpha value is -6.79. The Morgan fingerprint density at radius 2 is 1.04 bits per heavy atom. The summed E-state index contributed by atoms with van der Waals surface area (Å²) in [5, 5.41) is 2.16. The highest BCUT2D eigenvalue weighted by Crippen LogP contribution is 2.40. The number of fused-ring (bicyclic) bond motifs is 3. The van der Waals surface area contributed by atoms with Crippen molar-refractivity contribution in [1.29, 1.82) is 0 Å². The van der Waals surface area contributed by atoms with E-state index >= 15 is 8.78 Å². The van der Waals surface area contributed by atoms with Gasteiger partial charge in [-0.15, -0.1) is 0 Å². The van der Waals surface area contributed by atoms with E-state index in [4.69, 9.17) is 15.0 Å². The normalized spacial score (nSPS) is 11.4. The first kappa shape index (κ1) is 32.1. The lowest BCUT2D eigenvalue weighted by Crippen LogP contribution is -2.04. The second-order valence-corrected chi connectivity index (χ2v) is 13.3. The molecule has 0 aliphatic rings. The van der Waals surface area contributed by atoms with Crippen molar-refractivity contribution in [2.75, 3.05) is 0 Å². The van der Waals surface area contributed by atoms with Crippen LogP contribution in [0.2, 0.25) is 0 Å². The zero-order valence-corrected chi connectivity index (χ0v) is 29.1. The van der Waals surface area contributed by atoms with Crippen LogP contribution in [0.1, 0.15) is 11.1 Å². The standard InChI is InChI=1S/C47H32F2N4/c1-29-20-23-35(30(2)26-29)33-21-24-37-36-16-9-10-19-41(36)53(43(37)28-33)42-25-22-34(44-39(48)17-11-18-40(44)49)27-38(42)47-51-45(31-12-5-3-6-13-31)50-46(52-47)32-14-7-4-8-15-32/h3-28H,1-2H3. The molecule has 0 aliphatic carbocycles. The molecule has 0 N–H and O–H groups in total. The van der Waals surface area contributed by atoms with E-state index in [0.29, 0.717) is 28.6 Å². The van der Waals surface area contributed by atoms with Crippen LogP contribution in [-0.2, 0) is 0 Å². The number of halogens is 2. The highest BCUT2D eigenvalue weighted by Gasteiger charge is 2.22. The maximum absolute atomic E-state index is 15.4. The maximum Gasteiger partial charge on any atom is 0.166 e. The van der Waals surface area contributed by atoms with Crippen LogP contribution >= 0.6 is 0 Å². The number of rotatable bonds is 6. The molecular weight excluding hydrogens is 659 g/mol. The quantitative estimate of drug-likeness (QED) is 0.174. The molecule has 0 spiro atoms. The molecule has 2 aromatic heterocycles. The summed E-state index contributed by atoms with van der Waals surface area (Å²) in [6, 6.07) is 50.3. The van der Waals surface area contributed by atoms with Crippen molar-refractivity contribution < 1.29 is 8.78 Å². The topological polar surface area (TPSA) is 43.6 Å². The Bertz CT molecular complexity index is 2750. The van der Waals surface area contributed by atoms with Gasteiger partial charge < -0.3 is 4.57 Å². The highest BCUT2D eigenvalue weighted by atomic mass is 19.1. The summed E-state index contributed by atoms with van der Waals surface area (Å²) < 4.78 is 33.0. The van der Waals surface area contributed by atoms with Crippen LogP contribution in [0, 0.1) is 25.5 Å². The van der Waals surface area contributed by atoms with Gasteiger partial charge in [0.05, 0.1) is 22.3 Å². The Morgan fingerprint density at radius 3 is 1.72 bits per heavy atom. The van der Waals surface area contributed by atoms with Gasteiger partial charge in [-0.25, -0.2) is 23.7 Å². The summed E-state index contributed by atoms with van der Waals surface area (Å²) >= 11 is 0. The van der Waals surface area contributed by atoms with Crippen LogP contribution in [0.5, 0.6) is 0 Å². The molecule has 0 aliphatic heterocycles. The second kappa shape index (κ2) is 13.1. The lowest BCUT2D eigenvalue weighted by Gasteiger charge is -2.17. The predicted octanol–water partition coefficient (Wildman–Crippen LogP) is 12.2. The molecule has 9 rings (SSSR count). The highest BCUT2D eigenvalue weighted by molar-refractivity contribution is 6.10. The summed E-state index contributed by atoms with van der Waals surface area (Å²) in [6.07, 6.45) is 0. The molecule has 0 saturated carbocycles. The molecule has 53 heavy (non-hydrogen) atoms. The van der Waals surface area contributed by atoms with Crippen LogP contribution in [0.15, 0.2) is 158 Å². The molecule has 0 fully saturated rings. The van der Waals surface area contributed by atoms with Gasteiger partial charge in [0.15, 0.2) is 17.5 Å². The minimum Gasteiger partial charge on any atom is -0.308 e. The number of hydrogen-bond donors (Lipinski definition) is 0. The van der Waals surface area contributed by atoms with Gasteiger partial charge in [0.1, 0.15) is 11.6 Å². The van der Waals surface area contributed by atoms with Crippen LogP contribution in [0.3, 0.4) is 0 Å². The first-order chi connectivity index (χ1) is 25.9. The Balaban J connectivity index is 1.37. The molecule has 0 saturated heterocycles. The van der Waals surface area contributed by atoms with Crippen molar-refractivity contribution >= 4 is 21.8 Å². The molecule has 0 atom stereocenters. The average molecular weight is 691 g/mol. The third kappa shape index (κ3) is 5.75. The number of para-hydroxylation sites is 1. The first-order valence-corrected chi connectivity index (χ1v) is 17.5. The SMILES string of the molecule is Cc1ccc(-c2ccc3c4ccccc4n(-c4ccc(-c5c(F)cccc5F)cc4-c4nc(-c5ccccc5)nc(-c5ccccc5)n4)c3c2)c(C)c1. The number of aryl methyl sites for hydroxylation is 2. The molecule has 0 amide bonds. The fourth-order valence-electron chi connectivity index (χ4n) is 7.30. The molecule has 254 valence electrons. The van der Waals surface area contributed by atoms with E-state index < -0.39 is 11.6 Å². The van der Waals surface area contributed by atoms with Gasteiger partial charge in [-0.1, -0.05) is 127 Å². The van der Waals surface area contributed by atoms with Gasteiger partial charge >= 0.3 is 0 Å². The van der Waals surface area contributed by atoms with Crippen molar-refractivity contribution in [2.45, 2.75) is 13.8 Å². The molecular formula is C47H32F2N4. The Kier molecular flexibility index (Phi) is 7.93. The summed E-state index contributed by atoms with van der Waals surface area (Å²) in [5.41, 5.74) is 9.86.